The van der Waals surface area contributed by atoms with Gasteiger partial charge in [-0.05, 0) is 38.1 Å². The van der Waals surface area contributed by atoms with E-state index in [1.165, 1.54) is 14.0 Å². The lowest BCUT2D eigenvalue weighted by Gasteiger charge is -2.27. The molecule has 2 unspecified atom stereocenters. The number of carbonyl (C=O) groups excluding carboxylic acids is 1. The number of anilines is 1. The molecule has 0 heterocycles. The topological polar surface area (TPSA) is 52.6 Å². The van der Waals surface area contributed by atoms with Crippen molar-refractivity contribution in [2.24, 2.45) is 0 Å². The highest BCUT2D eigenvalue weighted by Gasteiger charge is 2.39. The Balaban J connectivity index is 2.59. The molecule has 0 spiro atoms. The Bertz CT molecular complexity index is 489. The maximum atomic E-state index is 12.3. The number of aryl methyl sites for hydroxylation is 1. The van der Waals surface area contributed by atoms with Crippen LogP contribution >= 0.6 is 0 Å². The minimum Gasteiger partial charge on any atom is -0.382 e. The van der Waals surface area contributed by atoms with Crippen molar-refractivity contribution in [2.75, 3.05) is 18.9 Å². The minimum absolute atomic E-state index is 0.430. The van der Waals surface area contributed by atoms with E-state index < -0.39 is 30.8 Å². The summed E-state index contributed by atoms with van der Waals surface area (Å²) in [6, 6.07) is 6.43. The average molecular weight is 318 g/mol. The molecule has 0 saturated heterocycles. The van der Waals surface area contributed by atoms with Crippen LogP contribution in [0.25, 0.3) is 0 Å². The molecule has 0 fully saturated rings. The normalized spacial score (nSPS) is 14.7. The largest absolute Gasteiger partial charge is 0.415 e. The molecule has 0 aliphatic heterocycles. The van der Waals surface area contributed by atoms with Crippen LogP contribution in [0, 0.1) is 0 Å². The van der Waals surface area contributed by atoms with Crippen molar-refractivity contribution in [3.8, 4) is 0 Å². The Morgan fingerprint density at radius 2 is 1.86 bits per heavy atom. The summed E-state index contributed by atoms with van der Waals surface area (Å²) in [5.41, 5.74) is 1.70. The lowest BCUT2D eigenvalue weighted by atomic mass is 10.1. The number of hydrogen-bond acceptors (Lipinski definition) is 3. The average Bonchev–Trinajstić information content (AvgIpc) is 2.46. The first-order valence-electron chi connectivity index (χ1n) is 7.00. The summed E-state index contributed by atoms with van der Waals surface area (Å²) in [6.45, 7) is 2.84. The predicted molar refractivity (Wildman–Crippen MR) is 78.6 cm³/mol. The van der Waals surface area contributed by atoms with Crippen LogP contribution in [-0.2, 0) is 11.2 Å². The monoisotopic (exact) mass is 318 g/mol. The Morgan fingerprint density at radius 1 is 1.32 bits per heavy atom. The molecule has 0 aromatic heterocycles. The van der Waals surface area contributed by atoms with Crippen molar-refractivity contribution in [3.05, 3.63) is 29.8 Å². The number of hydrogen-bond donors (Lipinski definition) is 2. The van der Waals surface area contributed by atoms with Gasteiger partial charge in [0.25, 0.3) is 0 Å². The molecule has 1 aromatic rings. The first-order chi connectivity index (χ1) is 10.1. The van der Waals surface area contributed by atoms with E-state index in [0.717, 1.165) is 16.9 Å². The molecule has 0 radical (unpaired) electrons. The van der Waals surface area contributed by atoms with Gasteiger partial charge in [0.05, 0.1) is 6.04 Å². The zero-order chi connectivity index (χ0) is 16.9. The molecule has 7 heteroatoms. The van der Waals surface area contributed by atoms with Gasteiger partial charge in [-0.15, -0.1) is 0 Å². The van der Waals surface area contributed by atoms with E-state index in [9.17, 15) is 18.0 Å². The highest BCUT2D eigenvalue weighted by molar-refractivity contribution is 5.94. The standard InChI is InChI=1S/C15H21F3N2O2/c1-4-11-5-7-12(8-6-11)19-14(22)10(2)20(3)9-13(21)15(16,17)18/h5-8,10,13,21H,4,9H2,1-3H3,(H,19,22). The number of nitrogens with one attached hydrogen (secondary N) is 1. The number of amides is 1. The predicted octanol–water partition coefficient (Wildman–Crippen LogP) is 2.43. The third-order valence-electron chi connectivity index (χ3n) is 3.51. The molecule has 0 aliphatic rings. The van der Waals surface area contributed by atoms with E-state index in [2.05, 4.69) is 5.32 Å². The van der Waals surface area contributed by atoms with Gasteiger partial charge in [0.15, 0.2) is 6.10 Å². The lowest BCUT2D eigenvalue weighted by Crippen LogP contribution is -2.46. The molecule has 1 rings (SSSR count). The van der Waals surface area contributed by atoms with E-state index in [4.69, 9.17) is 5.11 Å². The van der Waals surface area contributed by atoms with Gasteiger partial charge in [-0.25, -0.2) is 0 Å². The van der Waals surface area contributed by atoms with Crippen molar-refractivity contribution in [2.45, 2.75) is 38.6 Å². The number of alkyl halides is 3. The summed E-state index contributed by atoms with van der Waals surface area (Å²) in [4.78, 5) is 13.2. The minimum atomic E-state index is -4.69. The molecule has 0 saturated carbocycles. The van der Waals surface area contributed by atoms with Crippen LogP contribution in [0.1, 0.15) is 19.4 Å². The molecule has 22 heavy (non-hydrogen) atoms. The maximum Gasteiger partial charge on any atom is 0.415 e. The van der Waals surface area contributed by atoms with Gasteiger partial charge in [0, 0.05) is 12.2 Å². The molecule has 1 aromatic carbocycles. The van der Waals surface area contributed by atoms with E-state index in [1.807, 2.05) is 19.1 Å². The van der Waals surface area contributed by atoms with Gasteiger partial charge in [-0.1, -0.05) is 19.1 Å². The van der Waals surface area contributed by atoms with Gasteiger partial charge in [-0.2, -0.15) is 13.2 Å². The summed E-state index contributed by atoms with van der Waals surface area (Å²) in [5, 5.41) is 11.7. The van der Waals surface area contributed by atoms with Gasteiger partial charge < -0.3 is 10.4 Å². The van der Waals surface area contributed by atoms with Crippen molar-refractivity contribution in [3.63, 3.8) is 0 Å². The molecule has 2 atom stereocenters. The highest BCUT2D eigenvalue weighted by atomic mass is 19.4. The highest BCUT2D eigenvalue weighted by Crippen LogP contribution is 2.21. The van der Waals surface area contributed by atoms with Crippen LogP contribution in [0.5, 0.6) is 0 Å². The summed E-state index contributed by atoms with van der Waals surface area (Å²) < 4.78 is 36.9. The zero-order valence-corrected chi connectivity index (χ0v) is 12.8. The van der Waals surface area contributed by atoms with Gasteiger partial charge in [0.2, 0.25) is 5.91 Å². The van der Waals surface area contributed by atoms with Crippen molar-refractivity contribution < 1.29 is 23.1 Å². The molecule has 2 N–H and O–H groups in total. The summed E-state index contributed by atoms with van der Waals surface area (Å²) >= 11 is 0. The van der Waals surface area contributed by atoms with Crippen LogP contribution in [0.3, 0.4) is 0 Å². The number of carbonyl (C=O) groups is 1. The second-order valence-electron chi connectivity index (χ2n) is 5.21. The van der Waals surface area contributed by atoms with Crippen LogP contribution < -0.4 is 5.32 Å². The Kier molecular flexibility index (Phi) is 6.37. The number of likely N-dealkylation sites (N-methyl/N-ethyl adjacent to an activating group) is 1. The molecule has 124 valence electrons. The Labute approximate surface area is 127 Å². The quantitative estimate of drug-likeness (QED) is 0.847. The molecular formula is C15H21F3N2O2. The van der Waals surface area contributed by atoms with Crippen molar-refractivity contribution in [1.82, 2.24) is 4.90 Å². The van der Waals surface area contributed by atoms with Crippen molar-refractivity contribution in [1.29, 1.82) is 0 Å². The Morgan fingerprint density at radius 3 is 2.32 bits per heavy atom. The lowest BCUT2D eigenvalue weighted by molar-refractivity contribution is -0.208. The van der Waals surface area contributed by atoms with E-state index in [1.54, 1.807) is 12.1 Å². The van der Waals surface area contributed by atoms with Gasteiger partial charge in [0.1, 0.15) is 0 Å². The Hall–Kier alpha value is -1.60. The van der Waals surface area contributed by atoms with E-state index >= 15 is 0 Å². The first kappa shape index (κ1) is 18.4. The molecule has 0 aliphatic carbocycles. The summed E-state index contributed by atoms with van der Waals surface area (Å²) in [5.74, 6) is -0.430. The van der Waals surface area contributed by atoms with Crippen LogP contribution in [0.15, 0.2) is 24.3 Å². The summed E-state index contributed by atoms with van der Waals surface area (Å²) in [7, 11) is 1.36. The SMILES string of the molecule is CCc1ccc(NC(=O)C(C)N(C)CC(O)C(F)(F)F)cc1. The molecule has 0 bridgehead atoms. The number of aliphatic hydroxyl groups is 1. The fraction of sp³-hybridized carbons (Fsp3) is 0.533. The van der Waals surface area contributed by atoms with E-state index in [-0.39, 0.29) is 0 Å². The number of rotatable bonds is 6. The zero-order valence-electron chi connectivity index (χ0n) is 12.8. The third-order valence-corrected chi connectivity index (χ3v) is 3.51. The fourth-order valence-corrected chi connectivity index (χ4v) is 1.81. The van der Waals surface area contributed by atoms with Crippen molar-refractivity contribution >= 4 is 11.6 Å². The number of halogens is 3. The second-order valence-corrected chi connectivity index (χ2v) is 5.21. The van der Waals surface area contributed by atoms with Gasteiger partial charge in [-0.3, -0.25) is 9.69 Å². The smallest absolute Gasteiger partial charge is 0.382 e. The summed E-state index contributed by atoms with van der Waals surface area (Å²) in [6.07, 6.45) is -6.29. The van der Waals surface area contributed by atoms with E-state index in [0.29, 0.717) is 5.69 Å². The van der Waals surface area contributed by atoms with Crippen LogP contribution in [0.4, 0.5) is 18.9 Å². The molecule has 4 nitrogen and oxygen atoms in total. The molecule has 1 amide bonds. The van der Waals surface area contributed by atoms with Crippen LogP contribution in [0.2, 0.25) is 0 Å². The number of benzene rings is 1. The maximum absolute atomic E-state index is 12.3. The third kappa shape index (κ3) is 5.31. The first-order valence-corrected chi connectivity index (χ1v) is 7.00. The van der Waals surface area contributed by atoms with Gasteiger partial charge >= 0.3 is 6.18 Å². The van der Waals surface area contributed by atoms with Crippen LogP contribution in [-0.4, -0.2) is 47.8 Å². The molecular weight excluding hydrogens is 297 g/mol. The second kappa shape index (κ2) is 7.60. The fourth-order valence-electron chi connectivity index (χ4n) is 1.81. The number of nitrogens with zero attached hydrogens (tertiary/aromatic N) is 1. The number of aliphatic hydroxyl groups excluding tert-OH is 1.